The standard InChI is InChI=1S/C51H34N4/c1-51(2)41-19-9-5-15-35(41)36-26-25-33(30-42(36)51)54-44-21-11-7-16-37(44)40-29-32(24-27-46(40)54)49-38-17-6-10-20-43(38)52-50(53-49)55-45-22-12-8-18-39(45)48-34-14-4-3-13-31(34)23-28-47(48)55/h3-30H,1-2H3. The third-order valence-electron chi connectivity index (χ3n) is 12.1. The predicted octanol–water partition coefficient (Wildman–Crippen LogP) is 13.0. The second-order valence-corrected chi connectivity index (χ2v) is 15.4. The molecule has 12 rings (SSSR count). The lowest BCUT2D eigenvalue weighted by molar-refractivity contribution is 0.660. The van der Waals surface area contributed by atoms with Crippen molar-refractivity contribution in [1.82, 2.24) is 19.1 Å². The van der Waals surface area contributed by atoms with Gasteiger partial charge in [-0.05, 0) is 81.6 Å². The first-order chi connectivity index (χ1) is 27.0. The summed E-state index contributed by atoms with van der Waals surface area (Å²) in [5.41, 5.74) is 14.0. The van der Waals surface area contributed by atoms with Gasteiger partial charge >= 0.3 is 0 Å². The molecule has 4 nitrogen and oxygen atoms in total. The van der Waals surface area contributed by atoms with Gasteiger partial charge in [-0.1, -0.05) is 135 Å². The van der Waals surface area contributed by atoms with Crippen molar-refractivity contribution in [3.8, 4) is 34.0 Å². The summed E-state index contributed by atoms with van der Waals surface area (Å²) in [7, 11) is 0. The van der Waals surface area contributed by atoms with Crippen LogP contribution in [0, 0.1) is 0 Å². The molecule has 55 heavy (non-hydrogen) atoms. The molecule has 0 spiro atoms. The van der Waals surface area contributed by atoms with E-state index in [1.807, 2.05) is 0 Å². The number of aromatic nitrogens is 4. The van der Waals surface area contributed by atoms with Crippen LogP contribution >= 0.6 is 0 Å². The van der Waals surface area contributed by atoms with Crippen molar-refractivity contribution in [2.45, 2.75) is 19.3 Å². The van der Waals surface area contributed by atoms with E-state index in [1.54, 1.807) is 0 Å². The monoisotopic (exact) mass is 702 g/mol. The highest BCUT2D eigenvalue weighted by Gasteiger charge is 2.35. The minimum Gasteiger partial charge on any atom is -0.309 e. The summed E-state index contributed by atoms with van der Waals surface area (Å²) in [5.74, 6) is 0.666. The van der Waals surface area contributed by atoms with Crippen molar-refractivity contribution in [3.63, 3.8) is 0 Å². The van der Waals surface area contributed by atoms with Gasteiger partial charge in [0, 0.05) is 43.6 Å². The van der Waals surface area contributed by atoms with E-state index >= 15 is 0 Å². The molecule has 3 aromatic heterocycles. The van der Waals surface area contributed by atoms with Crippen molar-refractivity contribution >= 4 is 65.3 Å². The zero-order chi connectivity index (χ0) is 36.4. The van der Waals surface area contributed by atoms with Crippen LogP contribution in [-0.4, -0.2) is 19.1 Å². The summed E-state index contributed by atoms with van der Waals surface area (Å²) in [6.07, 6.45) is 0. The fraction of sp³-hybridized carbons (Fsp3) is 0.0588. The van der Waals surface area contributed by atoms with Crippen LogP contribution in [0.5, 0.6) is 0 Å². The highest BCUT2D eigenvalue weighted by molar-refractivity contribution is 6.21. The van der Waals surface area contributed by atoms with Crippen LogP contribution in [0.15, 0.2) is 170 Å². The SMILES string of the molecule is CC1(C)c2ccccc2-c2ccc(-n3c4ccccc4c4cc(-c5nc(-n6c7ccccc7c7c8ccccc8ccc76)nc6ccccc56)ccc43)cc21. The van der Waals surface area contributed by atoms with Crippen molar-refractivity contribution in [3.05, 3.63) is 181 Å². The van der Waals surface area contributed by atoms with Gasteiger partial charge in [0.25, 0.3) is 0 Å². The van der Waals surface area contributed by atoms with Gasteiger partial charge in [0.1, 0.15) is 0 Å². The van der Waals surface area contributed by atoms with E-state index in [2.05, 4.69) is 193 Å². The molecular weight excluding hydrogens is 669 g/mol. The smallest absolute Gasteiger partial charge is 0.235 e. The molecule has 0 amide bonds. The fourth-order valence-corrected chi connectivity index (χ4v) is 9.57. The molecule has 0 unspecified atom stereocenters. The Morgan fingerprint density at radius 1 is 0.436 bits per heavy atom. The van der Waals surface area contributed by atoms with Gasteiger partial charge in [0.2, 0.25) is 5.95 Å². The lowest BCUT2D eigenvalue weighted by Crippen LogP contribution is -2.15. The zero-order valence-corrected chi connectivity index (χ0v) is 30.5. The van der Waals surface area contributed by atoms with Gasteiger partial charge in [-0.3, -0.25) is 4.57 Å². The van der Waals surface area contributed by atoms with Crippen LogP contribution in [0.3, 0.4) is 0 Å². The van der Waals surface area contributed by atoms with Crippen molar-refractivity contribution in [2.24, 2.45) is 0 Å². The summed E-state index contributed by atoms with van der Waals surface area (Å²) in [5, 5.41) is 8.31. The quantitative estimate of drug-likeness (QED) is 0.184. The molecular formula is C51H34N4. The van der Waals surface area contributed by atoms with Gasteiger partial charge < -0.3 is 4.57 Å². The van der Waals surface area contributed by atoms with E-state index in [0.29, 0.717) is 5.95 Å². The number of nitrogens with zero attached hydrogens (tertiary/aromatic N) is 4. The Hall–Kier alpha value is -7.04. The Kier molecular flexibility index (Phi) is 6.09. The highest BCUT2D eigenvalue weighted by Crippen LogP contribution is 2.49. The number of fused-ring (bicyclic) bond motifs is 12. The molecule has 11 aromatic rings. The Bertz CT molecular complexity index is 3420. The average Bonchev–Trinajstić information content (AvgIpc) is 3.83. The van der Waals surface area contributed by atoms with Gasteiger partial charge in [-0.2, -0.15) is 0 Å². The zero-order valence-electron chi connectivity index (χ0n) is 30.5. The van der Waals surface area contributed by atoms with Crippen LogP contribution in [0.4, 0.5) is 0 Å². The molecule has 1 aliphatic carbocycles. The lowest BCUT2D eigenvalue weighted by atomic mass is 9.82. The van der Waals surface area contributed by atoms with E-state index in [0.717, 1.165) is 33.2 Å². The number of hydrogen-bond acceptors (Lipinski definition) is 2. The maximum absolute atomic E-state index is 5.47. The second-order valence-electron chi connectivity index (χ2n) is 15.4. The Labute approximate surface area is 317 Å². The van der Waals surface area contributed by atoms with E-state index in [1.165, 1.54) is 71.3 Å². The average molecular weight is 703 g/mol. The molecule has 4 heteroatoms. The van der Waals surface area contributed by atoms with Gasteiger partial charge in [-0.25, -0.2) is 9.97 Å². The maximum Gasteiger partial charge on any atom is 0.235 e. The Balaban J connectivity index is 1.08. The minimum absolute atomic E-state index is 0.0802. The van der Waals surface area contributed by atoms with Crippen LogP contribution < -0.4 is 0 Å². The van der Waals surface area contributed by atoms with Crippen LogP contribution in [-0.2, 0) is 5.41 Å². The first-order valence-corrected chi connectivity index (χ1v) is 19.0. The van der Waals surface area contributed by atoms with Gasteiger partial charge in [-0.15, -0.1) is 0 Å². The minimum atomic E-state index is -0.0802. The highest BCUT2D eigenvalue weighted by atomic mass is 15.2. The summed E-state index contributed by atoms with van der Waals surface area (Å²) < 4.78 is 4.67. The van der Waals surface area contributed by atoms with Crippen LogP contribution in [0.1, 0.15) is 25.0 Å². The summed E-state index contributed by atoms with van der Waals surface area (Å²) in [6, 6.07) is 61.6. The Morgan fingerprint density at radius 2 is 1.09 bits per heavy atom. The largest absolute Gasteiger partial charge is 0.309 e. The molecule has 0 fully saturated rings. The molecule has 1 aliphatic rings. The number of hydrogen-bond donors (Lipinski definition) is 0. The third-order valence-corrected chi connectivity index (χ3v) is 12.1. The summed E-state index contributed by atoms with van der Waals surface area (Å²) in [6.45, 7) is 4.70. The molecule has 0 bridgehead atoms. The van der Waals surface area contributed by atoms with Gasteiger partial charge in [0.05, 0.1) is 33.3 Å². The van der Waals surface area contributed by atoms with Crippen molar-refractivity contribution in [2.75, 3.05) is 0 Å². The topological polar surface area (TPSA) is 35.6 Å². The summed E-state index contributed by atoms with van der Waals surface area (Å²) >= 11 is 0. The number of benzene rings is 8. The third kappa shape index (κ3) is 4.17. The molecule has 0 saturated carbocycles. The molecule has 0 saturated heterocycles. The van der Waals surface area contributed by atoms with E-state index in [4.69, 9.17) is 9.97 Å². The first kappa shape index (κ1) is 30.4. The predicted molar refractivity (Wildman–Crippen MR) is 229 cm³/mol. The van der Waals surface area contributed by atoms with Crippen LogP contribution in [0.25, 0.3) is 99.3 Å². The normalized spacial score (nSPS) is 13.4. The van der Waals surface area contributed by atoms with E-state index < -0.39 is 0 Å². The molecule has 0 radical (unpaired) electrons. The molecule has 8 aromatic carbocycles. The lowest BCUT2D eigenvalue weighted by Gasteiger charge is -2.22. The molecule has 0 atom stereocenters. The second kappa shape index (κ2) is 11.0. The maximum atomic E-state index is 5.47. The number of rotatable bonds is 3. The molecule has 3 heterocycles. The molecule has 0 aliphatic heterocycles. The molecule has 0 N–H and O–H groups in total. The number of para-hydroxylation sites is 3. The van der Waals surface area contributed by atoms with E-state index in [9.17, 15) is 0 Å². The van der Waals surface area contributed by atoms with Crippen LogP contribution in [0.2, 0.25) is 0 Å². The summed E-state index contributed by atoms with van der Waals surface area (Å²) in [4.78, 5) is 10.7. The first-order valence-electron chi connectivity index (χ1n) is 19.0. The van der Waals surface area contributed by atoms with Crippen molar-refractivity contribution < 1.29 is 0 Å². The Morgan fingerprint density at radius 3 is 1.96 bits per heavy atom. The van der Waals surface area contributed by atoms with Crippen molar-refractivity contribution in [1.29, 1.82) is 0 Å². The van der Waals surface area contributed by atoms with E-state index in [-0.39, 0.29) is 5.41 Å². The fourth-order valence-electron chi connectivity index (χ4n) is 9.57. The molecule has 258 valence electrons. The van der Waals surface area contributed by atoms with Gasteiger partial charge in [0.15, 0.2) is 0 Å².